The molecule has 0 saturated heterocycles. The standard InChI is InChI=1S/C12H18O2/c1-2-14-12(13)11-7-6-9-4-3-5-10(9)8-11/h6-7,9-11H,2-5,8H2,1H3. The number of hydrogen-bond donors (Lipinski definition) is 0. The van der Waals surface area contributed by atoms with Crippen LogP contribution in [0.4, 0.5) is 0 Å². The molecule has 0 amide bonds. The van der Waals surface area contributed by atoms with Crippen LogP contribution in [-0.2, 0) is 9.53 Å². The summed E-state index contributed by atoms with van der Waals surface area (Å²) in [5.41, 5.74) is 0. The van der Waals surface area contributed by atoms with Gasteiger partial charge in [0, 0.05) is 0 Å². The lowest BCUT2D eigenvalue weighted by atomic mass is 9.81. The number of fused-ring (bicyclic) bond motifs is 1. The number of esters is 1. The Labute approximate surface area is 85.3 Å². The van der Waals surface area contributed by atoms with Crippen molar-refractivity contribution in [2.45, 2.75) is 32.6 Å². The van der Waals surface area contributed by atoms with Crippen molar-refractivity contribution < 1.29 is 9.53 Å². The van der Waals surface area contributed by atoms with Crippen LogP contribution in [0.1, 0.15) is 32.6 Å². The predicted molar refractivity (Wildman–Crippen MR) is 54.7 cm³/mol. The molecule has 0 N–H and O–H groups in total. The van der Waals surface area contributed by atoms with Gasteiger partial charge in [-0.3, -0.25) is 4.79 Å². The van der Waals surface area contributed by atoms with Crippen molar-refractivity contribution >= 4 is 5.97 Å². The molecule has 2 aliphatic rings. The second-order valence-corrected chi connectivity index (χ2v) is 4.33. The second-order valence-electron chi connectivity index (χ2n) is 4.33. The van der Waals surface area contributed by atoms with E-state index in [1.165, 1.54) is 19.3 Å². The van der Waals surface area contributed by atoms with E-state index in [-0.39, 0.29) is 11.9 Å². The van der Waals surface area contributed by atoms with Crippen molar-refractivity contribution in [3.8, 4) is 0 Å². The lowest BCUT2D eigenvalue weighted by Gasteiger charge is -2.25. The molecule has 2 rings (SSSR count). The summed E-state index contributed by atoms with van der Waals surface area (Å²) in [6.07, 6.45) is 9.25. The lowest BCUT2D eigenvalue weighted by Crippen LogP contribution is -2.23. The van der Waals surface area contributed by atoms with Crippen molar-refractivity contribution in [3.05, 3.63) is 12.2 Å². The molecule has 0 heterocycles. The third kappa shape index (κ3) is 1.84. The van der Waals surface area contributed by atoms with Gasteiger partial charge in [-0.15, -0.1) is 0 Å². The maximum absolute atomic E-state index is 11.5. The molecule has 0 spiro atoms. The molecule has 2 aliphatic carbocycles. The molecule has 0 aromatic rings. The molecule has 2 heteroatoms. The van der Waals surface area contributed by atoms with Gasteiger partial charge in [-0.2, -0.15) is 0 Å². The van der Waals surface area contributed by atoms with E-state index in [2.05, 4.69) is 12.2 Å². The topological polar surface area (TPSA) is 26.3 Å². The van der Waals surface area contributed by atoms with Gasteiger partial charge in [0.05, 0.1) is 12.5 Å². The average Bonchev–Trinajstić information content (AvgIpc) is 2.64. The summed E-state index contributed by atoms with van der Waals surface area (Å²) in [6, 6.07) is 0. The number of carbonyl (C=O) groups is 1. The first-order valence-electron chi connectivity index (χ1n) is 5.66. The number of allylic oxidation sites excluding steroid dienone is 1. The molecule has 0 aromatic carbocycles. The molecule has 14 heavy (non-hydrogen) atoms. The molecule has 0 aromatic heterocycles. The zero-order valence-corrected chi connectivity index (χ0v) is 8.74. The molecule has 2 nitrogen and oxygen atoms in total. The summed E-state index contributed by atoms with van der Waals surface area (Å²) in [6.45, 7) is 2.36. The highest BCUT2D eigenvalue weighted by molar-refractivity contribution is 5.74. The van der Waals surface area contributed by atoms with Gasteiger partial charge >= 0.3 is 5.97 Å². The van der Waals surface area contributed by atoms with Gasteiger partial charge in [-0.05, 0) is 38.0 Å². The van der Waals surface area contributed by atoms with Crippen molar-refractivity contribution in [3.63, 3.8) is 0 Å². The Bertz CT molecular complexity index is 245. The van der Waals surface area contributed by atoms with E-state index in [1.54, 1.807) is 0 Å². The molecular formula is C12H18O2. The molecule has 1 fully saturated rings. The van der Waals surface area contributed by atoms with Crippen molar-refractivity contribution in [2.24, 2.45) is 17.8 Å². The Morgan fingerprint density at radius 1 is 1.43 bits per heavy atom. The van der Waals surface area contributed by atoms with Gasteiger partial charge in [0.15, 0.2) is 0 Å². The molecule has 0 aliphatic heterocycles. The Morgan fingerprint density at radius 3 is 3.07 bits per heavy atom. The first-order valence-corrected chi connectivity index (χ1v) is 5.66. The molecule has 1 saturated carbocycles. The average molecular weight is 194 g/mol. The van der Waals surface area contributed by atoms with Crippen LogP contribution >= 0.6 is 0 Å². The number of ether oxygens (including phenoxy) is 1. The van der Waals surface area contributed by atoms with Crippen LogP contribution in [0.2, 0.25) is 0 Å². The highest BCUT2D eigenvalue weighted by Gasteiger charge is 2.33. The van der Waals surface area contributed by atoms with Gasteiger partial charge in [0.1, 0.15) is 0 Å². The number of carbonyl (C=O) groups excluding carboxylic acids is 1. The smallest absolute Gasteiger partial charge is 0.312 e. The van der Waals surface area contributed by atoms with E-state index < -0.39 is 0 Å². The highest BCUT2D eigenvalue weighted by Crippen LogP contribution is 2.40. The van der Waals surface area contributed by atoms with Gasteiger partial charge in [-0.1, -0.05) is 18.6 Å². The molecule has 3 atom stereocenters. The van der Waals surface area contributed by atoms with Crippen LogP contribution in [0, 0.1) is 17.8 Å². The zero-order valence-electron chi connectivity index (χ0n) is 8.74. The Balaban J connectivity index is 1.97. The fourth-order valence-corrected chi connectivity index (χ4v) is 2.72. The van der Waals surface area contributed by atoms with Crippen LogP contribution in [0.25, 0.3) is 0 Å². The predicted octanol–water partition coefficient (Wildman–Crippen LogP) is 2.54. The molecule has 0 bridgehead atoms. The van der Waals surface area contributed by atoms with Gasteiger partial charge in [-0.25, -0.2) is 0 Å². The van der Waals surface area contributed by atoms with Gasteiger partial charge in [0.25, 0.3) is 0 Å². The van der Waals surface area contributed by atoms with Gasteiger partial charge < -0.3 is 4.74 Å². The second kappa shape index (κ2) is 4.16. The van der Waals surface area contributed by atoms with E-state index in [0.717, 1.165) is 18.3 Å². The first kappa shape index (κ1) is 9.75. The SMILES string of the molecule is CCOC(=O)C1C=CC2CCCC2C1. The third-order valence-corrected chi connectivity index (χ3v) is 3.45. The number of hydrogen-bond acceptors (Lipinski definition) is 2. The Hall–Kier alpha value is -0.790. The summed E-state index contributed by atoms with van der Waals surface area (Å²) < 4.78 is 5.04. The highest BCUT2D eigenvalue weighted by atomic mass is 16.5. The van der Waals surface area contributed by atoms with Crippen molar-refractivity contribution in [2.75, 3.05) is 6.61 Å². The summed E-state index contributed by atoms with van der Waals surface area (Å²) in [5.74, 6) is 1.50. The quantitative estimate of drug-likeness (QED) is 0.499. The maximum atomic E-state index is 11.5. The zero-order chi connectivity index (χ0) is 9.97. The fourth-order valence-electron chi connectivity index (χ4n) is 2.72. The van der Waals surface area contributed by atoms with E-state index in [1.807, 2.05) is 6.92 Å². The van der Waals surface area contributed by atoms with Crippen LogP contribution < -0.4 is 0 Å². The van der Waals surface area contributed by atoms with Gasteiger partial charge in [0.2, 0.25) is 0 Å². The normalized spacial score (nSPS) is 35.4. The Morgan fingerprint density at radius 2 is 2.29 bits per heavy atom. The molecule has 78 valence electrons. The minimum absolute atomic E-state index is 0.0332. The van der Waals surface area contributed by atoms with E-state index in [9.17, 15) is 4.79 Å². The maximum Gasteiger partial charge on any atom is 0.312 e. The first-order chi connectivity index (χ1) is 6.81. The van der Waals surface area contributed by atoms with Crippen molar-refractivity contribution in [1.82, 2.24) is 0 Å². The van der Waals surface area contributed by atoms with E-state index in [4.69, 9.17) is 4.74 Å². The van der Waals surface area contributed by atoms with Crippen LogP contribution in [0.15, 0.2) is 12.2 Å². The lowest BCUT2D eigenvalue weighted by molar-refractivity contribution is -0.147. The van der Waals surface area contributed by atoms with Crippen LogP contribution in [-0.4, -0.2) is 12.6 Å². The summed E-state index contributed by atoms with van der Waals surface area (Å²) in [5, 5.41) is 0. The van der Waals surface area contributed by atoms with E-state index in [0.29, 0.717) is 6.61 Å². The number of rotatable bonds is 2. The largest absolute Gasteiger partial charge is 0.466 e. The van der Waals surface area contributed by atoms with E-state index >= 15 is 0 Å². The minimum atomic E-state index is -0.0332. The van der Waals surface area contributed by atoms with Crippen LogP contribution in [0.3, 0.4) is 0 Å². The summed E-state index contributed by atoms with van der Waals surface area (Å²) in [7, 11) is 0. The Kier molecular flexibility index (Phi) is 2.90. The monoisotopic (exact) mass is 194 g/mol. The summed E-state index contributed by atoms with van der Waals surface area (Å²) in [4.78, 5) is 11.5. The van der Waals surface area contributed by atoms with Crippen LogP contribution in [0.5, 0.6) is 0 Å². The fraction of sp³-hybridized carbons (Fsp3) is 0.750. The molecular weight excluding hydrogens is 176 g/mol. The molecule has 0 radical (unpaired) electrons. The summed E-state index contributed by atoms with van der Waals surface area (Å²) >= 11 is 0. The third-order valence-electron chi connectivity index (χ3n) is 3.45. The van der Waals surface area contributed by atoms with Crippen molar-refractivity contribution in [1.29, 1.82) is 0 Å². The minimum Gasteiger partial charge on any atom is -0.466 e. The molecule has 3 unspecified atom stereocenters.